The van der Waals surface area contributed by atoms with Crippen LogP contribution in [-0.4, -0.2) is 36.9 Å². The average molecular weight is 227 g/mol. The van der Waals surface area contributed by atoms with Crippen molar-refractivity contribution in [3.63, 3.8) is 0 Å². The molecule has 1 atom stereocenters. The monoisotopic (exact) mass is 227 g/mol. The van der Waals surface area contributed by atoms with Gasteiger partial charge in [-0.1, -0.05) is 0 Å². The lowest BCUT2D eigenvalue weighted by molar-refractivity contribution is -0.124. The Balaban J connectivity index is 1.94. The van der Waals surface area contributed by atoms with Crippen LogP contribution in [-0.2, 0) is 9.53 Å². The quantitative estimate of drug-likeness (QED) is 0.746. The van der Waals surface area contributed by atoms with Gasteiger partial charge in [0.25, 0.3) is 0 Å². The van der Waals surface area contributed by atoms with E-state index in [1.807, 2.05) is 0 Å². The Morgan fingerprint density at radius 2 is 2.19 bits per heavy atom. The number of aliphatic hydroxyl groups excluding tert-OH is 1. The first-order valence-corrected chi connectivity index (χ1v) is 6.11. The predicted molar refractivity (Wildman–Crippen MR) is 59.9 cm³/mol. The maximum absolute atomic E-state index is 11.7. The van der Waals surface area contributed by atoms with Crippen molar-refractivity contribution >= 4 is 5.91 Å². The summed E-state index contributed by atoms with van der Waals surface area (Å²) in [5.41, 5.74) is 0.00590. The van der Waals surface area contributed by atoms with Crippen molar-refractivity contribution in [3.8, 4) is 0 Å². The van der Waals surface area contributed by atoms with Gasteiger partial charge in [0.1, 0.15) is 0 Å². The lowest BCUT2D eigenvalue weighted by Crippen LogP contribution is -2.44. The third-order valence-corrected chi connectivity index (χ3v) is 4.08. The van der Waals surface area contributed by atoms with Gasteiger partial charge >= 0.3 is 0 Å². The molecule has 0 aromatic rings. The van der Waals surface area contributed by atoms with Crippen molar-refractivity contribution in [2.45, 2.75) is 37.6 Å². The highest BCUT2D eigenvalue weighted by Gasteiger charge is 2.45. The Hall–Kier alpha value is -0.610. The summed E-state index contributed by atoms with van der Waals surface area (Å²) in [6.45, 7) is 0.808. The first kappa shape index (κ1) is 11.9. The molecular formula is C12H21NO3. The molecule has 1 spiro atoms. The van der Waals surface area contributed by atoms with E-state index in [2.05, 4.69) is 5.32 Å². The number of aliphatic hydroxyl groups is 1. The van der Waals surface area contributed by atoms with Crippen molar-refractivity contribution in [2.24, 2.45) is 11.8 Å². The Morgan fingerprint density at radius 3 is 2.75 bits per heavy atom. The molecule has 16 heavy (non-hydrogen) atoms. The molecule has 1 amide bonds. The zero-order valence-corrected chi connectivity index (χ0v) is 9.87. The number of carbonyl (C=O) groups is 1. The summed E-state index contributed by atoms with van der Waals surface area (Å²) in [6.07, 6.45) is 4.96. The van der Waals surface area contributed by atoms with E-state index in [0.29, 0.717) is 12.5 Å². The van der Waals surface area contributed by atoms with Crippen LogP contribution >= 0.6 is 0 Å². The van der Waals surface area contributed by atoms with E-state index < -0.39 is 0 Å². The molecule has 0 aromatic heterocycles. The second-order valence-corrected chi connectivity index (χ2v) is 5.25. The molecular weight excluding hydrogens is 206 g/mol. The summed E-state index contributed by atoms with van der Waals surface area (Å²) >= 11 is 0. The first-order chi connectivity index (χ1) is 7.69. The third-order valence-electron chi connectivity index (χ3n) is 4.08. The van der Waals surface area contributed by atoms with Gasteiger partial charge in [0.15, 0.2) is 0 Å². The number of nitrogens with one attached hydrogen (secondary N) is 1. The van der Waals surface area contributed by atoms with Crippen LogP contribution in [0.2, 0.25) is 0 Å². The number of carbonyl (C=O) groups excluding carboxylic acids is 1. The van der Waals surface area contributed by atoms with Crippen LogP contribution in [0, 0.1) is 11.8 Å². The Morgan fingerprint density at radius 1 is 1.50 bits per heavy atom. The van der Waals surface area contributed by atoms with Crippen molar-refractivity contribution in [2.75, 3.05) is 20.3 Å². The van der Waals surface area contributed by atoms with E-state index in [4.69, 9.17) is 9.84 Å². The molecule has 1 aliphatic carbocycles. The zero-order chi connectivity index (χ0) is 11.6. The van der Waals surface area contributed by atoms with E-state index >= 15 is 0 Å². The Kier molecular flexibility index (Phi) is 3.50. The van der Waals surface area contributed by atoms with Gasteiger partial charge in [0.2, 0.25) is 5.91 Å². The minimum atomic E-state index is 0.00590. The van der Waals surface area contributed by atoms with E-state index in [1.54, 1.807) is 7.11 Å². The average Bonchev–Trinajstić information content (AvgIpc) is 2.57. The summed E-state index contributed by atoms with van der Waals surface area (Å²) in [4.78, 5) is 11.7. The molecule has 0 radical (unpaired) electrons. The lowest BCUT2D eigenvalue weighted by Gasteiger charge is -2.36. The maximum Gasteiger partial charge on any atom is 0.225 e. The molecule has 1 saturated carbocycles. The van der Waals surface area contributed by atoms with Crippen LogP contribution in [0.3, 0.4) is 0 Å². The number of ether oxygens (including phenoxy) is 1. The van der Waals surface area contributed by atoms with Gasteiger partial charge < -0.3 is 15.2 Å². The third kappa shape index (κ3) is 2.23. The molecule has 1 aliphatic heterocycles. The second-order valence-electron chi connectivity index (χ2n) is 5.25. The lowest BCUT2D eigenvalue weighted by atomic mass is 9.75. The zero-order valence-electron chi connectivity index (χ0n) is 9.87. The van der Waals surface area contributed by atoms with E-state index in [0.717, 1.165) is 32.1 Å². The Bertz CT molecular complexity index is 259. The Labute approximate surface area is 96.4 Å². The molecule has 2 aliphatic rings. The molecule has 2 rings (SSSR count). The van der Waals surface area contributed by atoms with Gasteiger partial charge in [0, 0.05) is 19.3 Å². The molecule has 92 valence electrons. The van der Waals surface area contributed by atoms with Crippen LogP contribution in [0.1, 0.15) is 32.1 Å². The van der Waals surface area contributed by atoms with Gasteiger partial charge in [-0.25, -0.2) is 0 Å². The highest BCUT2D eigenvalue weighted by molar-refractivity contribution is 5.82. The SMILES string of the molecule is COC[C@H]1CC2(CCC(CO)CC2)NC1=O. The topological polar surface area (TPSA) is 58.6 Å². The molecule has 0 bridgehead atoms. The second kappa shape index (κ2) is 4.72. The number of hydrogen-bond donors (Lipinski definition) is 2. The number of hydrogen-bond acceptors (Lipinski definition) is 3. The predicted octanol–water partition coefficient (Wildman–Crippen LogP) is 0.690. The van der Waals surface area contributed by atoms with Crippen LogP contribution < -0.4 is 5.32 Å². The van der Waals surface area contributed by atoms with Crippen molar-refractivity contribution < 1.29 is 14.6 Å². The van der Waals surface area contributed by atoms with Gasteiger partial charge in [-0.05, 0) is 38.0 Å². The van der Waals surface area contributed by atoms with Crippen LogP contribution in [0.15, 0.2) is 0 Å². The van der Waals surface area contributed by atoms with Crippen molar-refractivity contribution in [3.05, 3.63) is 0 Å². The van der Waals surface area contributed by atoms with Crippen LogP contribution in [0.4, 0.5) is 0 Å². The summed E-state index contributed by atoms with van der Waals surface area (Å²) in [6, 6.07) is 0. The van der Waals surface area contributed by atoms with Gasteiger partial charge in [-0.15, -0.1) is 0 Å². The van der Waals surface area contributed by atoms with Crippen molar-refractivity contribution in [1.82, 2.24) is 5.32 Å². The smallest absolute Gasteiger partial charge is 0.225 e. The van der Waals surface area contributed by atoms with E-state index in [-0.39, 0.29) is 24.0 Å². The fraction of sp³-hybridized carbons (Fsp3) is 0.917. The fourth-order valence-electron chi connectivity index (χ4n) is 3.06. The molecule has 4 heteroatoms. The van der Waals surface area contributed by atoms with Crippen LogP contribution in [0.25, 0.3) is 0 Å². The molecule has 2 fully saturated rings. The first-order valence-electron chi connectivity index (χ1n) is 6.11. The highest BCUT2D eigenvalue weighted by atomic mass is 16.5. The summed E-state index contributed by atoms with van der Waals surface area (Å²) in [5, 5.41) is 12.3. The minimum Gasteiger partial charge on any atom is -0.396 e. The molecule has 1 heterocycles. The number of methoxy groups -OCH3 is 1. The fourth-order valence-corrected chi connectivity index (χ4v) is 3.06. The number of amides is 1. The highest BCUT2D eigenvalue weighted by Crippen LogP contribution is 2.39. The largest absolute Gasteiger partial charge is 0.396 e. The molecule has 4 nitrogen and oxygen atoms in total. The molecule has 1 saturated heterocycles. The normalized spacial score (nSPS) is 39.0. The summed E-state index contributed by atoms with van der Waals surface area (Å²) < 4.78 is 5.07. The van der Waals surface area contributed by atoms with Crippen molar-refractivity contribution in [1.29, 1.82) is 0 Å². The minimum absolute atomic E-state index is 0.00590. The van der Waals surface area contributed by atoms with Gasteiger partial charge in [-0.2, -0.15) is 0 Å². The molecule has 0 aromatic carbocycles. The van der Waals surface area contributed by atoms with Gasteiger partial charge in [0.05, 0.1) is 12.5 Å². The molecule has 2 N–H and O–H groups in total. The number of rotatable bonds is 3. The standard InChI is InChI=1S/C12H21NO3/c1-16-8-10-6-12(13-11(10)15)4-2-9(7-14)3-5-12/h9-10,14H,2-8H2,1H3,(H,13,15)/t9?,10-,12?/m1/s1. The maximum atomic E-state index is 11.7. The summed E-state index contributed by atoms with van der Waals surface area (Å²) in [7, 11) is 1.64. The van der Waals surface area contributed by atoms with E-state index in [1.165, 1.54) is 0 Å². The van der Waals surface area contributed by atoms with Crippen LogP contribution in [0.5, 0.6) is 0 Å². The molecule has 0 unspecified atom stereocenters. The van der Waals surface area contributed by atoms with E-state index in [9.17, 15) is 4.79 Å². The van der Waals surface area contributed by atoms with Gasteiger partial charge in [-0.3, -0.25) is 4.79 Å². The summed E-state index contributed by atoms with van der Waals surface area (Å²) in [5.74, 6) is 0.601.